The summed E-state index contributed by atoms with van der Waals surface area (Å²) < 4.78 is 0. The van der Waals surface area contributed by atoms with Crippen LogP contribution in [-0.2, 0) is 0 Å². The van der Waals surface area contributed by atoms with E-state index in [4.69, 9.17) is 20.4 Å². The third-order valence-corrected chi connectivity index (χ3v) is 3.40. The van der Waals surface area contributed by atoms with Crippen molar-refractivity contribution < 1.29 is 30.0 Å². The summed E-state index contributed by atoms with van der Waals surface area (Å²) in [7, 11) is 0. The highest BCUT2D eigenvalue weighted by Crippen LogP contribution is 2.09. The molecule has 3 aromatic rings. The standard InChI is InChI=1S/C8H10O2.2C7H6O2/c9-6-8(10)7-4-2-1-3-5-7;2*8-7(9)6-4-2-1-3-5-6/h1-5,8-10H,6H2;2*1-5H,(H,8,9). The second-order valence-electron chi connectivity index (χ2n) is 5.45. The van der Waals surface area contributed by atoms with Crippen LogP contribution in [0.1, 0.15) is 32.4 Å². The zero-order valence-electron chi connectivity index (χ0n) is 15.1. The van der Waals surface area contributed by atoms with Crippen LogP contribution in [0.4, 0.5) is 0 Å². The SMILES string of the molecule is O=C(O)c1ccccc1.O=C(O)c1ccccc1.OCC(O)c1ccccc1. The average Bonchev–Trinajstić information content (AvgIpc) is 2.76. The summed E-state index contributed by atoms with van der Waals surface area (Å²) in [6, 6.07) is 25.7. The minimum absolute atomic E-state index is 0.218. The van der Waals surface area contributed by atoms with Gasteiger partial charge in [0.1, 0.15) is 6.10 Å². The molecule has 3 aromatic carbocycles. The normalized spacial score (nSPS) is 10.4. The molecule has 0 saturated heterocycles. The molecule has 28 heavy (non-hydrogen) atoms. The third kappa shape index (κ3) is 8.75. The highest BCUT2D eigenvalue weighted by Gasteiger charge is 2.02. The van der Waals surface area contributed by atoms with E-state index in [-0.39, 0.29) is 6.61 Å². The number of carbonyl (C=O) groups is 2. The van der Waals surface area contributed by atoms with Crippen LogP contribution in [0.25, 0.3) is 0 Å². The molecule has 0 aliphatic rings. The molecule has 4 N–H and O–H groups in total. The van der Waals surface area contributed by atoms with Crippen LogP contribution in [0, 0.1) is 0 Å². The van der Waals surface area contributed by atoms with Crippen molar-refractivity contribution in [3.05, 3.63) is 108 Å². The lowest BCUT2D eigenvalue weighted by Crippen LogP contribution is -2.01. The van der Waals surface area contributed by atoms with E-state index in [1.165, 1.54) is 0 Å². The molecule has 0 bridgehead atoms. The maximum Gasteiger partial charge on any atom is 0.335 e. The summed E-state index contributed by atoms with van der Waals surface area (Å²) in [6.45, 7) is -0.218. The van der Waals surface area contributed by atoms with Gasteiger partial charge >= 0.3 is 11.9 Å². The van der Waals surface area contributed by atoms with Crippen molar-refractivity contribution >= 4 is 11.9 Å². The molecular formula is C22H22O6. The lowest BCUT2D eigenvalue weighted by Gasteiger charge is -2.05. The molecular weight excluding hydrogens is 360 g/mol. The van der Waals surface area contributed by atoms with Crippen LogP contribution in [0.5, 0.6) is 0 Å². The summed E-state index contributed by atoms with van der Waals surface area (Å²) >= 11 is 0. The number of aliphatic hydroxyl groups is 2. The van der Waals surface area contributed by atoms with Gasteiger partial charge in [0.25, 0.3) is 0 Å². The molecule has 0 heterocycles. The molecule has 0 fully saturated rings. The first-order valence-electron chi connectivity index (χ1n) is 8.36. The molecule has 0 spiro atoms. The number of hydrogen-bond donors (Lipinski definition) is 4. The van der Waals surface area contributed by atoms with Gasteiger partial charge in [-0.05, 0) is 29.8 Å². The molecule has 0 aromatic heterocycles. The largest absolute Gasteiger partial charge is 0.478 e. The van der Waals surface area contributed by atoms with E-state index in [1.807, 2.05) is 18.2 Å². The summed E-state index contributed by atoms with van der Waals surface area (Å²) in [5.74, 6) is -1.76. The summed E-state index contributed by atoms with van der Waals surface area (Å²) in [5.41, 5.74) is 1.42. The Morgan fingerprint density at radius 3 is 1.21 bits per heavy atom. The second kappa shape index (κ2) is 12.8. The maximum absolute atomic E-state index is 10.2. The lowest BCUT2D eigenvalue weighted by atomic mass is 10.1. The highest BCUT2D eigenvalue weighted by molar-refractivity contribution is 5.87. The van der Waals surface area contributed by atoms with Gasteiger partial charge in [-0.2, -0.15) is 0 Å². The fraction of sp³-hybridized carbons (Fsp3) is 0.0909. The van der Waals surface area contributed by atoms with Crippen molar-refractivity contribution in [3.63, 3.8) is 0 Å². The van der Waals surface area contributed by atoms with Crippen LogP contribution >= 0.6 is 0 Å². The monoisotopic (exact) mass is 382 g/mol. The number of benzene rings is 3. The number of carboxylic acid groups (broad SMARTS) is 2. The predicted octanol–water partition coefficient (Wildman–Crippen LogP) is 3.48. The van der Waals surface area contributed by atoms with E-state index in [0.717, 1.165) is 5.56 Å². The number of hydrogen-bond acceptors (Lipinski definition) is 4. The summed E-state index contributed by atoms with van der Waals surface area (Å²) in [6.07, 6.45) is -0.735. The summed E-state index contributed by atoms with van der Waals surface area (Å²) in [4.78, 5) is 20.4. The molecule has 6 nitrogen and oxygen atoms in total. The van der Waals surface area contributed by atoms with E-state index in [9.17, 15) is 9.59 Å². The van der Waals surface area contributed by atoms with Gasteiger partial charge in [-0.3, -0.25) is 0 Å². The molecule has 0 radical (unpaired) electrons. The zero-order valence-corrected chi connectivity index (χ0v) is 15.1. The van der Waals surface area contributed by atoms with Gasteiger partial charge in [0.2, 0.25) is 0 Å². The predicted molar refractivity (Wildman–Crippen MR) is 105 cm³/mol. The quantitative estimate of drug-likeness (QED) is 0.549. The Morgan fingerprint density at radius 1 is 0.643 bits per heavy atom. The number of rotatable bonds is 4. The molecule has 1 atom stereocenters. The average molecular weight is 382 g/mol. The van der Waals surface area contributed by atoms with E-state index in [1.54, 1.807) is 72.8 Å². The van der Waals surface area contributed by atoms with E-state index >= 15 is 0 Å². The molecule has 0 aliphatic carbocycles. The fourth-order valence-corrected chi connectivity index (χ4v) is 1.94. The van der Waals surface area contributed by atoms with Gasteiger partial charge < -0.3 is 20.4 Å². The maximum atomic E-state index is 10.2. The highest BCUT2D eigenvalue weighted by atomic mass is 16.4. The Bertz CT molecular complexity index is 770. The zero-order chi connectivity index (χ0) is 20.8. The number of carboxylic acids is 2. The minimum Gasteiger partial charge on any atom is -0.478 e. The van der Waals surface area contributed by atoms with E-state index in [2.05, 4.69) is 0 Å². The van der Waals surface area contributed by atoms with Crippen molar-refractivity contribution in [1.29, 1.82) is 0 Å². The Labute approximate surface area is 163 Å². The number of aliphatic hydroxyl groups excluding tert-OH is 2. The molecule has 0 saturated carbocycles. The second-order valence-corrected chi connectivity index (χ2v) is 5.45. The Kier molecular flexibility index (Phi) is 10.3. The Hall–Kier alpha value is -3.48. The van der Waals surface area contributed by atoms with Crippen molar-refractivity contribution in [3.8, 4) is 0 Å². The fourth-order valence-electron chi connectivity index (χ4n) is 1.94. The van der Waals surface area contributed by atoms with E-state index < -0.39 is 18.0 Å². The van der Waals surface area contributed by atoms with E-state index in [0.29, 0.717) is 11.1 Å². The van der Waals surface area contributed by atoms with Crippen LogP contribution in [0.2, 0.25) is 0 Å². The van der Waals surface area contributed by atoms with Crippen LogP contribution in [0.15, 0.2) is 91.0 Å². The Balaban J connectivity index is 0.000000210. The lowest BCUT2D eigenvalue weighted by molar-refractivity contribution is 0.0686. The van der Waals surface area contributed by atoms with Gasteiger partial charge in [-0.15, -0.1) is 0 Å². The topological polar surface area (TPSA) is 115 Å². The molecule has 6 heteroatoms. The Morgan fingerprint density at radius 2 is 0.964 bits per heavy atom. The minimum atomic E-state index is -0.879. The van der Waals surface area contributed by atoms with Gasteiger partial charge in [-0.1, -0.05) is 66.7 Å². The molecule has 3 rings (SSSR count). The van der Waals surface area contributed by atoms with Gasteiger partial charge in [0, 0.05) is 0 Å². The van der Waals surface area contributed by atoms with Crippen LogP contribution < -0.4 is 0 Å². The summed E-state index contributed by atoms with van der Waals surface area (Å²) in [5, 5.41) is 34.4. The van der Waals surface area contributed by atoms with Gasteiger partial charge in [0.05, 0.1) is 17.7 Å². The third-order valence-electron chi connectivity index (χ3n) is 3.40. The smallest absolute Gasteiger partial charge is 0.335 e. The van der Waals surface area contributed by atoms with Gasteiger partial charge in [-0.25, -0.2) is 9.59 Å². The molecule has 146 valence electrons. The van der Waals surface area contributed by atoms with Gasteiger partial charge in [0.15, 0.2) is 0 Å². The molecule has 0 aliphatic heterocycles. The van der Waals surface area contributed by atoms with Crippen molar-refractivity contribution in [2.45, 2.75) is 6.10 Å². The first kappa shape index (κ1) is 22.6. The van der Waals surface area contributed by atoms with Crippen molar-refractivity contribution in [2.24, 2.45) is 0 Å². The van der Waals surface area contributed by atoms with Crippen LogP contribution in [0.3, 0.4) is 0 Å². The van der Waals surface area contributed by atoms with Crippen molar-refractivity contribution in [2.75, 3.05) is 6.61 Å². The first-order valence-corrected chi connectivity index (χ1v) is 8.36. The number of aromatic carboxylic acids is 2. The van der Waals surface area contributed by atoms with Crippen molar-refractivity contribution in [1.82, 2.24) is 0 Å². The molecule has 1 unspecified atom stereocenters. The van der Waals surface area contributed by atoms with Crippen LogP contribution in [-0.4, -0.2) is 39.0 Å². The molecule has 0 amide bonds. The first-order chi connectivity index (χ1) is 13.5.